The summed E-state index contributed by atoms with van der Waals surface area (Å²) in [6, 6.07) is 10.1. The molecule has 0 unspecified atom stereocenters. The summed E-state index contributed by atoms with van der Waals surface area (Å²) in [5.41, 5.74) is 1.17. The number of fused-ring (bicyclic) bond motifs is 2. The number of benzene rings is 2. The second-order valence-electron chi connectivity index (χ2n) is 9.41. The van der Waals surface area contributed by atoms with E-state index in [1.54, 1.807) is 41.3 Å². The van der Waals surface area contributed by atoms with Gasteiger partial charge >= 0.3 is 12.1 Å². The molecule has 1 spiro atoms. The van der Waals surface area contributed by atoms with Crippen LogP contribution in [0, 0.1) is 5.82 Å². The van der Waals surface area contributed by atoms with Gasteiger partial charge in [-0.3, -0.25) is 9.59 Å². The maximum Gasteiger partial charge on any atom is 0.418 e. The van der Waals surface area contributed by atoms with E-state index in [1.165, 1.54) is 19.2 Å². The zero-order valence-electron chi connectivity index (χ0n) is 20.3. The number of carbonyl (C=O) groups excluding carboxylic acids is 4. The van der Waals surface area contributed by atoms with Crippen molar-refractivity contribution in [2.24, 2.45) is 0 Å². The zero-order chi connectivity index (χ0) is 26.3. The number of imide groups is 1. The summed E-state index contributed by atoms with van der Waals surface area (Å²) in [7, 11) is 1.51. The summed E-state index contributed by atoms with van der Waals surface area (Å²) in [6.45, 7) is 3.37. The minimum atomic E-state index is -1.49. The summed E-state index contributed by atoms with van der Waals surface area (Å²) < 4.78 is 19.1. The maximum absolute atomic E-state index is 13.6. The third-order valence-corrected chi connectivity index (χ3v) is 7.38. The molecule has 2 N–H and O–H groups in total. The molecule has 5 amide bonds. The molecule has 192 valence electrons. The first-order chi connectivity index (χ1) is 17.8. The van der Waals surface area contributed by atoms with Crippen LogP contribution in [0.3, 0.4) is 0 Å². The lowest BCUT2D eigenvalue weighted by atomic mass is 9.94. The van der Waals surface area contributed by atoms with Crippen molar-refractivity contribution in [3.63, 3.8) is 0 Å². The molecule has 9 nitrogen and oxygen atoms in total. The number of halogens is 1. The van der Waals surface area contributed by atoms with Gasteiger partial charge in [-0.05, 0) is 54.7 Å². The first kappa shape index (κ1) is 24.5. The number of ether oxygens (including phenoxy) is 1. The molecule has 0 bridgehead atoms. The molecule has 2 aromatic carbocycles. The van der Waals surface area contributed by atoms with Crippen LogP contribution in [0.25, 0.3) is 0 Å². The normalized spacial score (nSPS) is 24.3. The van der Waals surface area contributed by atoms with Gasteiger partial charge < -0.3 is 20.3 Å². The van der Waals surface area contributed by atoms with Gasteiger partial charge in [-0.1, -0.05) is 24.3 Å². The number of likely N-dealkylation sites (tertiary alicyclic amines) is 1. The van der Waals surface area contributed by atoms with Gasteiger partial charge in [-0.25, -0.2) is 18.9 Å². The molecule has 0 aromatic heterocycles. The SMILES string of the molecule is C=C[C@@H]1CC[C@@H](c2ccc(F)cc2)N1C(=O)CN1C(=O)O[C@@]2(CCc3cc(NC(=O)NC)ccc32)C1=O. The van der Waals surface area contributed by atoms with Crippen LogP contribution in [0.5, 0.6) is 0 Å². The standard InChI is InChI=1S/C27H27FN4O5/c1-3-20-9-11-22(16-4-6-18(28)7-5-16)32(20)23(33)15-31-24(34)27(37-26(31)36)13-12-17-14-19(8-10-21(17)27)30-25(35)29-2/h3-8,10,14,20,22H,1,9,11-13,15H2,2H3,(H2,29,30,35)/t20-,22+,27-/m1/s1. The minimum absolute atomic E-state index is 0.248. The number of rotatable bonds is 5. The molecule has 3 atom stereocenters. The van der Waals surface area contributed by atoms with Crippen LogP contribution >= 0.6 is 0 Å². The lowest BCUT2D eigenvalue weighted by Gasteiger charge is -2.30. The molecular weight excluding hydrogens is 479 g/mol. The van der Waals surface area contributed by atoms with Crippen molar-refractivity contribution in [2.45, 2.75) is 43.4 Å². The van der Waals surface area contributed by atoms with E-state index in [0.717, 1.165) is 16.0 Å². The first-order valence-corrected chi connectivity index (χ1v) is 12.1. The van der Waals surface area contributed by atoms with E-state index >= 15 is 0 Å². The van der Waals surface area contributed by atoms with Gasteiger partial charge in [0.25, 0.3) is 5.91 Å². The summed E-state index contributed by atoms with van der Waals surface area (Å²) in [5, 5.41) is 5.16. The van der Waals surface area contributed by atoms with Crippen molar-refractivity contribution in [1.82, 2.24) is 15.1 Å². The van der Waals surface area contributed by atoms with Gasteiger partial charge in [0.1, 0.15) is 12.4 Å². The molecule has 10 heteroatoms. The number of amides is 5. The van der Waals surface area contributed by atoms with E-state index in [1.807, 2.05) is 0 Å². The second-order valence-corrected chi connectivity index (χ2v) is 9.41. The highest BCUT2D eigenvalue weighted by atomic mass is 19.1. The molecule has 37 heavy (non-hydrogen) atoms. The van der Waals surface area contributed by atoms with Crippen molar-refractivity contribution < 1.29 is 28.3 Å². The summed E-state index contributed by atoms with van der Waals surface area (Å²) >= 11 is 0. The molecule has 3 aliphatic rings. The lowest BCUT2D eigenvalue weighted by molar-refractivity contribution is -0.142. The smallest absolute Gasteiger partial charge is 0.418 e. The Balaban J connectivity index is 1.37. The Bertz CT molecular complexity index is 1300. The van der Waals surface area contributed by atoms with Gasteiger partial charge in [0.2, 0.25) is 11.5 Å². The Hall–Kier alpha value is -4.21. The van der Waals surface area contributed by atoms with Crippen LogP contribution in [-0.2, 0) is 26.3 Å². The topological polar surface area (TPSA) is 108 Å². The minimum Gasteiger partial charge on any atom is -0.427 e. The van der Waals surface area contributed by atoms with E-state index in [2.05, 4.69) is 17.2 Å². The second kappa shape index (κ2) is 9.34. The highest BCUT2D eigenvalue weighted by Gasteiger charge is 2.58. The predicted molar refractivity (Wildman–Crippen MR) is 132 cm³/mol. The van der Waals surface area contributed by atoms with E-state index < -0.39 is 30.1 Å². The molecule has 2 aliphatic heterocycles. The summed E-state index contributed by atoms with van der Waals surface area (Å²) in [6.07, 6.45) is 2.83. The predicted octanol–water partition coefficient (Wildman–Crippen LogP) is 3.62. The van der Waals surface area contributed by atoms with Crippen molar-refractivity contribution in [2.75, 3.05) is 18.9 Å². The van der Waals surface area contributed by atoms with Gasteiger partial charge in [-0.2, -0.15) is 0 Å². The van der Waals surface area contributed by atoms with E-state index in [4.69, 9.17) is 4.74 Å². The Morgan fingerprint density at radius 1 is 1.19 bits per heavy atom. The number of aryl methyl sites for hydroxylation is 1. The summed E-state index contributed by atoms with van der Waals surface area (Å²) in [4.78, 5) is 54.1. The monoisotopic (exact) mass is 506 g/mol. The van der Waals surface area contributed by atoms with Crippen molar-refractivity contribution >= 4 is 29.6 Å². The lowest BCUT2D eigenvalue weighted by Crippen LogP contribution is -2.46. The van der Waals surface area contributed by atoms with E-state index in [-0.39, 0.29) is 30.4 Å². The van der Waals surface area contributed by atoms with Gasteiger partial charge in [-0.15, -0.1) is 6.58 Å². The molecule has 1 aliphatic carbocycles. The molecule has 2 heterocycles. The van der Waals surface area contributed by atoms with Gasteiger partial charge in [0.05, 0.1) is 12.1 Å². The number of urea groups is 1. The number of hydrogen-bond acceptors (Lipinski definition) is 5. The van der Waals surface area contributed by atoms with Crippen molar-refractivity contribution in [3.05, 3.63) is 77.6 Å². The van der Waals surface area contributed by atoms with Crippen molar-refractivity contribution in [1.29, 1.82) is 0 Å². The van der Waals surface area contributed by atoms with Crippen molar-refractivity contribution in [3.8, 4) is 0 Å². The maximum atomic E-state index is 13.6. The first-order valence-electron chi connectivity index (χ1n) is 12.1. The molecule has 2 saturated heterocycles. The Morgan fingerprint density at radius 2 is 1.95 bits per heavy atom. The number of hydrogen-bond donors (Lipinski definition) is 2. The Morgan fingerprint density at radius 3 is 2.65 bits per heavy atom. The average Bonchev–Trinajstić information content (AvgIpc) is 3.55. The molecule has 5 rings (SSSR count). The molecule has 0 saturated carbocycles. The number of nitrogens with zero attached hydrogens (tertiary/aromatic N) is 2. The fraction of sp³-hybridized carbons (Fsp3) is 0.333. The van der Waals surface area contributed by atoms with E-state index in [9.17, 15) is 23.6 Å². The van der Waals surface area contributed by atoms with Gasteiger partial charge in [0.15, 0.2) is 0 Å². The van der Waals surface area contributed by atoms with Crippen LogP contribution in [0.2, 0.25) is 0 Å². The quantitative estimate of drug-likeness (QED) is 0.603. The number of anilines is 1. The highest BCUT2D eigenvalue weighted by molar-refractivity contribution is 6.06. The third kappa shape index (κ3) is 4.12. The molecule has 0 radical (unpaired) electrons. The third-order valence-electron chi connectivity index (χ3n) is 7.38. The fourth-order valence-corrected chi connectivity index (χ4v) is 5.58. The van der Waals surface area contributed by atoms with Gasteiger partial charge in [0, 0.05) is 24.7 Å². The van der Waals surface area contributed by atoms with Crippen LogP contribution in [0.1, 0.15) is 42.0 Å². The zero-order valence-corrected chi connectivity index (χ0v) is 20.3. The molecule has 2 fully saturated rings. The fourth-order valence-electron chi connectivity index (χ4n) is 5.58. The number of carbonyl (C=O) groups is 4. The Kier molecular flexibility index (Phi) is 6.18. The average molecular weight is 507 g/mol. The van der Waals surface area contributed by atoms with Crippen LogP contribution < -0.4 is 10.6 Å². The van der Waals surface area contributed by atoms with E-state index in [0.29, 0.717) is 30.5 Å². The largest absolute Gasteiger partial charge is 0.427 e. The van der Waals surface area contributed by atoms with Crippen LogP contribution in [0.15, 0.2) is 55.1 Å². The molecular formula is C27H27FN4O5. The summed E-state index contributed by atoms with van der Waals surface area (Å²) in [5.74, 6) is -1.37. The molecule has 2 aromatic rings. The number of nitrogens with one attached hydrogen (secondary N) is 2. The van der Waals surface area contributed by atoms with Crippen LogP contribution in [0.4, 0.5) is 19.7 Å². The highest BCUT2D eigenvalue weighted by Crippen LogP contribution is 2.46. The van der Waals surface area contributed by atoms with Crippen LogP contribution in [-0.4, -0.2) is 53.4 Å². The Labute approximate surface area is 213 Å².